The van der Waals surface area contributed by atoms with Crippen LogP contribution in [0.3, 0.4) is 0 Å². The van der Waals surface area contributed by atoms with Crippen LogP contribution in [0.25, 0.3) is 0 Å². The second-order valence-corrected chi connectivity index (χ2v) is 6.84. The molecule has 1 aromatic rings. The fourth-order valence-electron chi connectivity index (χ4n) is 1.83. The van der Waals surface area contributed by atoms with Gasteiger partial charge in [-0.15, -0.1) is 0 Å². The van der Waals surface area contributed by atoms with Gasteiger partial charge in [0.15, 0.2) is 0 Å². The van der Waals surface area contributed by atoms with Gasteiger partial charge in [0.1, 0.15) is 15.6 Å². The molecule has 0 bridgehead atoms. The van der Waals surface area contributed by atoms with E-state index in [0.29, 0.717) is 12.8 Å². The summed E-state index contributed by atoms with van der Waals surface area (Å²) in [4.78, 5) is 0. The molecule has 0 aromatic heterocycles. The van der Waals surface area contributed by atoms with E-state index in [1.54, 1.807) is 14.0 Å². The predicted molar refractivity (Wildman–Crippen MR) is 76.6 cm³/mol. The maximum atomic E-state index is 11.4. The summed E-state index contributed by atoms with van der Waals surface area (Å²) in [6, 6.07) is 7.54. The molecule has 1 atom stereocenters. The highest BCUT2D eigenvalue weighted by Gasteiger charge is 2.12. The summed E-state index contributed by atoms with van der Waals surface area (Å²) >= 11 is 0. The number of nitrogens with two attached hydrogens (primary N) is 1. The normalized spacial score (nSPS) is 13.2. The van der Waals surface area contributed by atoms with Crippen LogP contribution in [0, 0.1) is 0 Å². The van der Waals surface area contributed by atoms with Crippen molar-refractivity contribution < 1.29 is 13.2 Å². The minimum absolute atomic E-state index is 0.0436. The zero-order valence-corrected chi connectivity index (χ0v) is 12.2. The lowest BCUT2D eigenvalue weighted by Gasteiger charge is -2.16. The maximum Gasteiger partial charge on any atom is 0.150 e. The number of hydrogen-bond acceptors (Lipinski definition) is 5. The SMILES string of the molecule is CCS(=O)(=O)CCCC(NN)c1ccc(OC)cc1. The Morgan fingerprint density at radius 2 is 1.95 bits per heavy atom. The summed E-state index contributed by atoms with van der Waals surface area (Å²) in [5.41, 5.74) is 3.75. The topological polar surface area (TPSA) is 81.4 Å². The van der Waals surface area contributed by atoms with Gasteiger partial charge in [0.2, 0.25) is 0 Å². The lowest BCUT2D eigenvalue weighted by atomic mass is 10.0. The predicted octanol–water partition coefficient (Wildman–Crippen LogP) is 1.41. The van der Waals surface area contributed by atoms with E-state index in [1.807, 2.05) is 24.3 Å². The van der Waals surface area contributed by atoms with E-state index < -0.39 is 9.84 Å². The first-order valence-corrected chi connectivity index (χ1v) is 8.15. The highest BCUT2D eigenvalue weighted by molar-refractivity contribution is 7.91. The number of rotatable bonds is 8. The first-order valence-electron chi connectivity index (χ1n) is 6.33. The summed E-state index contributed by atoms with van der Waals surface area (Å²) in [7, 11) is -1.29. The Hall–Kier alpha value is -1.11. The van der Waals surface area contributed by atoms with E-state index in [2.05, 4.69) is 5.43 Å². The van der Waals surface area contributed by atoms with E-state index in [1.165, 1.54) is 0 Å². The fraction of sp³-hybridized carbons (Fsp3) is 0.538. The van der Waals surface area contributed by atoms with Crippen LogP contribution in [0.2, 0.25) is 0 Å². The molecule has 0 radical (unpaired) electrons. The van der Waals surface area contributed by atoms with E-state index >= 15 is 0 Å². The standard InChI is InChI=1S/C13H22N2O3S/c1-3-19(16,17)10-4-5-13(15-14)11-6-8-12(18-2)9-7-11/h6-9,13,15H,3-5,10,14H2,1-2H3. The quantitative estimate of drug-likeness (QED) is 0.558. The van der Waals surface area contributed by atoms with Crippen LogP contribution in [0.5, 0.6) is 5.75 Å². The van der Waals surface area contributed by atoms with Gasteiger partial charge in [-0.05, 0) is 30.5 Å². The molecule has 0 fully saturated rings. The third kappa shape index (κ3) is 5.18. The van der Waals surface area contributed by atoms with E-state index in [0.717, 1.165) is 11.3 Å². The molecule has 3 N–H and O–H groups in total. The molecule has 0 heterocycles. The third-order valence-electron chi connectivity index (χ3n) is 3.11. The van der Waals surface area contributed by atoms with Crippen LogP contribution >= 0.6 is 0 Å². The second-order valence-electron chi connectivity index (χ2n) is 4.37. The van der Waals surface area contributed by atoms with Crippen molar-refractivity contribution in [2.24, 2.45) is 5.84 Å². The van der Waals surface area contributed by atoms with Gasteiger partial charge in [-0.1, -0.05) is 19.1 Å². The maximum absolute atomic E-state index is 11.4. The molecule has 1 unspecified atom stereocenters. The molecule has 108 valence electrons. The van der Waals surface area contributed by atoms with Crippen molar-refractivity contribution in [3.63, 3.8) is 0 Å². The Morgan fingerprint density at radius 3 is 2.42 bits per heavy atom. The molecule has 1 aromatic carbocycles. The van der Waals surface area contributed by atoms with E-state index in [-0.39, 0.29) is 17.5 Å². The van der Waals surface area contributed by atoms with E-state index in [4.69, 9.17) is 10.6 Å². The minimum Gasteiger partial charge on any atom is -0.497 e. The first-order chi connectivity index (χ1) is 9.02. The van der Waals surface area contributed by atoms with Gasteiger partial charge in [-0.3, -0.25) is 11.3 Å². The van der Waals surface area contributed by atoms with Gasteiger partial charge in [-0.2, -0.15) is 0 Å². The van der Waals surface area contributed by atoms with Crippen LogP contribution in [-0.4, -0.2) is 27.0 Å². The Balaban J connectivity index is 2.57. The molecule has 0 aliphatic rings. The molecule has 1 rings (SSSR count). The van der Waals surface area contributed by atoms with Crippen LogP contribution in [0.15, 0.2) is 24.3 Å². The summed E-state index contributed by atoms with van der Waals surface area (Å²) in [5, 5.41) is 0. The van der Waals surface area contributed by atoms with Crippen LogP contribution < -0.4 is 16.0 Å². The lowest BCUT2D eigenvalue weighted by Crippen LogP contribution is -2.28. The Bertz CT molecular complexity index is 471. The van der Waals surface area contributed by atoms with Crippen molar-refractivity contribution in [3.05, 3.63) is 29.8 Å². The molecule has 19 heavy (non-hydrogen) atoms. The highest BCUT2D eigenvalue weighted by Crippen LogP contribution is 2.21. The number of methoxy groups -OCH3 is 1. The third-order valence-corrected chi connectivity index (χ3v) is 4.90. The molecule has 5 nitrogen and oxygen atoms in total. The zero-order chi connectivity index (χ0) is 14.3. The molecule has 0 aliphatic heterocycles. The first kappa shape index (κ1) is 15.9. The average Bonchev–Trinajstić information content (AvgIpc) is 2.44. The van der Waals surface area contributed by atoms with Gasteiger partial charge < -0.3 is 4.74 Å². The molecule has 0 amide bonds. The highest BCUT2D eigenvalue weighted by atomic mass is 32.2. The number of hydrazine groups is 1. The van der Waals surface area contributed by atoms with Crippen molar-refractivity contribution in [2.45, 2.75) is 25.8 Å². The molecular formula is C13H22N2O3S. The summed E-state index contributed by atoms with van der Waals surface area (Å²) in [6.07, 6.45) is 1.28. The number of sulfone groups is 1. The average molecular weight is 286 g/mol. The zero-order valence-electron chi connectivity index (χ0n) is 11.4. The van der Waals surface area contributed by atoms with Crippen molar-refractivity contribution >= 4 is 9.84 Å². The summed E-state index contributed by atoms with van der Waals surface area (Å²) < 4.78 is 27.9. The van der Waals surface area contributed by atoms with Crippen LogP contribution in [0.4, 0.5) is 0 Å². The number of hydrogen-bond donors (Lipinski definition) is 2. The van der Waals surface area contributed by atoms with E-state index in [9.17, 15) is 8.42 Å². The Labute approximate surface area is 115 Å². The largest absolute Gasteiger partial charge is 0.497 e. The van der Waals surface area contributed by atoms with Gasteiger partial charge in [0, 0.05) is 11.8 Å². The fourth-order valence-corrected chi connectivity index (χ4v) is 2.73. The Morgan fingerprint density at radius 1 is 1.32 bits per heavy atom. The molecule has 0 saturated carbocycles. The van der Waals surface area contributed by atoms with Gasteiger partial charge in [0.05, 0.1) is 12.9 Å². The van der Waals surface area contributed by atoms with Crippen molar-refractivity contribution in [1.29, 1.82) is 0 Å². The second kappa shape index (κ2) is 7.47. The van der Waals surface area contributed by atoms with Crippen molar-refractivity contribution in [3.8, 4) is 5.75 Å². The number of benzene rings is 1. The van der Waals surface area contributed by atoms with Crippen molar-refractivity contribution in [2.75, 3.05) is 18.6 Å². The van der Waals surface area contributed by atoms with Gasteiger partial charge in [0.25, 0.3) is 0 Å². The van der Waals surface area contributed by atoms with Gasteiger partial charge in [-0.25, -0.2) is 8.42 Å². The Kier molecular flexibility index (Phi) is 6.27. The number of ether oxygens (including phenoxy) is 1. The minimum atomic E-state index is -2.90. The molecular weight excluding hydrogens is 264 g/mol. The number of nitrogens with one attached hydrogen (secondary N) is 1. The molecule has 6 heteroatoms. The van der Waals surface area contributed by atoms with Crippen molar-refractivity contribution in [1.82, 2.24) is 5.43 Å². The van der Waals surface area contributed by atoms with Crippen LogP contribution in [-0.2, 0) is 9.84 Å². The molecule has 0 saturated heterocycles. The van der Waals surface area contributed by atoms with Gasteiger partial charge >= 0.3 is 0 Å². The van der Waals surface area contributed by atoms with Crippen LogP contribution in [0.1, 0.15) is 31.4 Å². The summed E-state index contributed by atoms with van der Waals surface area (Å²) in [6.45, 7) is 1.66. The molecule has 0 spiro atoms. The lowest BCUT2D eigenvalue weighted by molar-refractivity contribution is 0.414. The molecule has 0 aliphatic carbocycles. The monoisotopic (exact) mass is 286 g/mol. The summed E-state index contributed by atoms with van der Waals surface area (Å²) in [5.74, 6) is 6.71. The smallest absolute Gasteiger partial charge is 0.150 e.